The fourth-order valence-electron chi connectivity index (χ4n) is 4.96. The van der Waals surface area contributed by atoms with Crippen LogP contribution in [0, 0.1) is 0 Å². The largest absolute Gasteiger partial charge is 1.20 e. The molecule has 6 aromatic rings. The molecule has 12 nitrogen and oxygen atoms in total. The fraction of sp³-hybridized carbons (Fsp3) is 0. The van der Waals surface area contributed by atoms with Crippen LogP contribution in [0.25, 0.3) is 33.4 Å². The minimum absolute atomic E-state index is 0.0439. The van der Waals surface area contributed by atoms with Crippen molar-refractivity contribution in [3.05, 3.63) is 164 Å². The van der Waals surface area contributed by atoms with E-state index in [0.717, 1.165) is 33.4 Å². The van der Waals surface area contributed by atoms with Crippen molar-refractivity contribution in [1.29, 1.82) is 0 Å². The second kappa shape index (κ2) is 17.9. The van der Waals surface area contributed by atoms with Crippen molar-refractivity contribution in [2.24, 2.45) is 0 Å². The molecular weight excluding hydrogens is 723 g/mol. The van der Waals surface area contributed by atoms with Crippen LogP contribution in [0.1, 0.15) is 0 Å². The van der Waals surface area contributed by atoms with Crippen LogP contribution in [0.15, 0.2) is 164 Å². The van der Waals surface area contributed by atoms with Crippen LogP contribution in [0.5, 0.6) is 17.2 Å². The van der Waals surface area contributed by atoms with Crippen molar-refractivity contribution in [2.75, 3.05) is 0 Å². The zero-order valence-electron chi connectivity index (χ0n) is 28.6. The van der Waals surface area contributed by atoms with E-state index in [-0.39, 0.29) is 17.2 Å². The van der Waals surface area contributed by atoms with Crippen molar-refractivity contribution in [1.82, 2.24) is 0 Å². The van der Waals surface area contributed by atoms with E-state index >= 15 is 0 Å². The van der Waals surface area contributed by atoms with Crippen molar-refractivity contribution in [3.8, 4) is 50.6 Å². The minimum atomic E-state index is -4.50. The Morgan fingerprint density at radius 2 is 0.491 bits per heavy atom. The van der Waals surface area contributed by atoms with E-state index < -0.39 is 51.0 Å². The number of hydrogen-bond donors (Lipinski definition) is 0. The lowest BCUT2D eigenvalue weighted by molar-refractivity contribution is -0.166. The van der Waals surface area contributed by atoms with E-state index in [4.69, 9.17) is 25.6 Å². The SMILES string of the molecule is O=C(Oc1ccc(-c2ccccc2)cc1)C(=O)[O][Al]([O]C(=O)C(=O)Oc1ccc(-c2ccccc2)cc1)[O]C(=O)C(=O)Oc1ccc(-c2ccccc2)cc1. The molecule has 0 aliphatic rings. The van der Waals surface area contributed by atoms with Crippen LogP contribution in [0.4, 0.5) is 0 Å². The Labute approximate surface area is 318 Å². The van der Waals surface area contributed by atoms with E-state index in [1.807, 2.05) is 91.0 Å². The van der Waals surface area contributed by atoms with Crippen molar-refractivity contribution in [3.63, 3.8) is 0 Å². The summed E-state index contributed by atoms with van der Waals surface area (Å²) < 4.78 is 29.8. The third kappa shape index (κ3) is 10.4. The molecule has 0 aliphatic carbocycles. The maximum atomic E-state index is 12.8. The van der Waals surface area contributed by atoms with Gasteiger partial charge in [-0.1, -0.05) is 127 Å². The zero-order valence-corrected chi connectivity index (χ0v) is 29.7. The normalized spacial score (nSPS) is 10.3. The Morgan fingerprint density at radius 3 is 0.727 bits per heavy atom. The summed E-state index contributed by atoms with van der Waals surface area (Å²) in [6.45, 7) is 0. The minimum Gasteiger partial charge on any atom is -0.542 e. The predicted molar refractivity (Wildman–Crippen MR) is 197 cm³/mol. The highest BCUT2D eigenvalue weighted by molar-refractivity contribution is 6.54. The van der Waals surface area contributed by atoms with Crippen molar-refractivity contribution < 1.29 is 54.3 Å². The van der Waals surface area contributed by atoms with Gasteiger partial charge in [-0.2, -0.15) is 0 Å². The van der Waals surface area contributed by atoms with Crippen LogP contribution in [0.2, 0.25) is 0 Å². The monoisotopic (exact) mass is 750 g/mol. The summed E-state index contributed by atoms with van der Waals surface area (Å²) in [6, 6.07) is 46.4. The molecule has 0 heterocycles. The summed E-state index contributed by atoms with van der Waals surface area (Å²) in [5.74, 6) is -10.1. The molecule has 0 radical (unpaired) electrons. The molecule has 0 atom stereocenters. The van der Waals surface area contributed by atoms with Gasteiger partial charge in [0, 0.05) is 0 Å². The van der Waals surface area contributed by atoms with Crippen LogP contribution in [-0.4, -0.2) is 51.0 Å². The highest BCUT2D eigenvalue weighted by atomic mass is 27.3. The zero-order chi connectivity index (χ0) is 38.6. The second-order valence-corrected chi connectivity index (χ2v) is 12.6. The maximum Gasteiger partial charge on any atom is 1.20 e. The molecule has 0 bridgehead atoms. The average Bonchev–Trinajstić information content (AvgIpc) is 3.22. The van der Waals surface area contributed by atoms with Gasteiger partial charge in [0.1, 0.15) is 17.2 Å². The van der Waals surface area contributed by atoms with Gasteiger partial charge in [-0.15, -0.1) is 0 Å². The number of rotatable bonds is 9. The van der Waals surface area contributed by atoms with E-state index in [0.29, 0.717) is 0 Å². The van der Waals surface area contributed by atoms with Crippen LogP contribution in [-0.2, 0) is 40.1 Å². The molecule has 0 aromatic heterocycles. The summed E-state index contributed by atoms with van der Waals surface area (Å²) >= 11 is -4.50. The van der Waals surface area contributed by atoms with Gasteiger partial charge >= 0.3 is 51.0 Å². The van der Waals surface area contributed by atoms with Crippen LogP contribution in [0.3, 0.4) is 0 Å². The lowest BCUT2D eigenvalue weighted by Crippen LogP contribution is -2.42. The molecule has 0 fully saturated rings. The first-order valence-corrected chi connectivity index (χ1v) is 17.9. The molecule has 0 N–H and O–H groups in total. The number of carbonyl (C=O) groups excluding carboxylic acids is 6. The quantitative estimate of drug-likeness (QED) is 0.0693. The van der Waals surface area contributed by atoms with Gasteiger partial charge < -0.3 is 25.6 Å². The van der Waals surface area contributed by atoms with Gasteiger partial charge in [-0.3, -0.25) is 0 Å². The Hall–Kier alpha value is -7.33. The third-order valence-corrected chi connectivity index (χ3v) is 8.85. The average molecular weight is 751 g/mol. The predicted octanol–water partition coefficient (Wildman–Crippen LogP) is 6.42. The van der Waals surface area contributed by atoms with Crippen molar-refractivity contribution in [2.45, 2.75) is 0 Å². The smallest absolute Gasteiger partial charge is 0.542 e. The molecule has 0 saturated carbocycles. The topological polar surface area (TPSA) is 158 Å². The number of hydrogen-bond acceptors (Lipinski definition) is 12. The molecule has 0 aliphatic heterocycles. The Kier molecular flexibility index (Phi) is 12.2. The van der Waals surface area contributed by atoms with Crippen LogP contribution < -0.4 is 14.2 Å². The summed E-state index contributed by atoms with van der Waals surface area (Å²) in [5.41, 5.74) is 5.07. The Balaban J connectivity index is 1.11. The highest BCUT2D eigenvalue weighted by Crippen LogP contribution is 2.25. The number of benzene rings is 6. The van der Waals surface area contributed by atoms with E-state index in [2.05, 4.69) is 0 Å². The highest BCUT2D eigenvalue weighted by Gasteiger charge is 2.53. The molecule has 0 amide bonds. The molecule has 6 aromatic carbocycles. The Morgan fingerprint density at radius 1 is 0.273 bits per heavy atom. The molecule has 6 rings (SSSR count). The van der Waals surface area contributed by atoms with E-state index in [1.165, 1.54) is 36.4 Å². The van der Waals surface area contributed by atoms with Crippen molar-refractivity contribution >= 4 is 51.0 Å². The van der Waals surface area contributed by atoms with Gasteiger partial charge in [0.05, 0.1) is 0 Å². The first-order chi connectivity index (χ1) is 26.7. The van der Waals surface area contributed by atoms with Crippen LogP contribution >= 0.6 is 0 Å². The molecule has 0 unspecified atom stereocenters. The molecule has 270 valence electrons. The number of ether oxygens (including phenoxy) is 3. The lowest BCUT2D eigenvalue weighted by atomic mass is 10.1. The van der Waals surface area contributed by atoms with Gasteiger partial charge in [0.2, 0.25) is 0 Å². The number of esters is 3. The van der Waals surface area contributed by atoms with Gasteiger partial charge in [0.15, 0.2) is 0 Å². The first kappa shape index (κ1) is 37.4. The summed E-state index contributed by atoms with van der Waals surface area (Å²) in [6.07, 6.45) is 0. The number of carbonyl (C=O) groups is 6. The molecule has 55 heavy (non-hydrogen) atoms. The van der Waals surface area contributed by atoms with Gasteiger partial charge in [-0.25, -0.2) is 28.8 Å². The van der Waals surface area contributed by atoms with Gasteiger partial charge in [0.25, 0.3) is 0 Å². The molecule has 0 spiro atoms. The summed E-state index contributed by atoms with van der Waals surface area (Å²) in [7, 11) is 0. The summed E-state index contributed by atoms with van der Waals surface area (Å²) in [5, 5.41) is 0. The standard InChI is InChI=1S/3C14H10O4.Al/c3*15-13(16)14(17)18-12-8-6-11(7-9-12)10-4-2-1-3-5-10;/h3*1-9H,(H,15,16);/q;;;+3/p-3. The van der Waals surface area contributed by atoms with E-state index in [9.17, 15) is 28.8 Å². The molecule has 0 saturated heterocycles. The van der Waals surface area contributed by atoms with Gasteiger partial charge in [-0.05, 0) is 69.8 Å². The summed E-state index contributed by atoms with van der Waals surface area (Å²) in [4.78, 5) is 76.2. The Bertz CT molecular complexity index is 2030. The third-order valence-electron chi connectivity index (χ3n) is 7.63. The lowest BCUT2D eigenvalue weighted by Gasteiger charge is -2.13. The first-order valence-electron chi connectivity index (χ1n) is 16.5. The van der Waals surface area contributed by atoms with E-state index in [1.54, 1.807) is 36.4 Å². The molecular formula is C42H27AlO12. The maximum absolute atomic E-state index is 12.8. The fourth-order valence-corrected chi connectivity index (χ4v) is 5.92. The second-order valence-electron chi connectivity index (χ2n) is 11.3. The molecule has 13 heteroatoms.